The van der Waals surface area contributed by atoms with E-state index in [2.05, 4.69) is 6.92 Å². The van der Waals surface area contributed by atoms with Crippen LogP contribution < -0.4 is 0 Å². The van der Waals surface area contributed by atoms with Crippen LogP contribution in [0.5, 0.6) is 0 Å². The second-order valence-electron chi connectivity index (χ2n) is 7.44. The van der Waals surface area contributed by atoms with Crippen LogP contribution in [0.2, 0.25) is 0 Å². The molecule has 0 saturated carbocycles. The summed E-state index contributed by atoms with van der Waals surface area (Å²) in [6.07, 6.45) is 8.02. The first-order chi connectivity index (χ1) is 13.9. The molecule has 0 aliphatic heterocycles. The number of rotatable bonds is 18. The second kappa shape index (κ2) is 17.2. The van der Waals surface area contributed by atoms with Crippen molar-refractivity contribution in [1.29, 1.82) is 0 Å². The third-order valence-corrected chi connectivity index (χ3v) is 4.51. The summed E-state index contributed by atoms with van der Waals surface area (Å²) in [4.78, 5) is 36.5. The summed E-state index contributed by atoms with van der Waals surface area (Å²) in [6, 6.07) is 0. The lowest BCUT2D eigenvalue weighted by Gasteiger charge is -2.24. The molecule has 0 saturated heterocycles. The average molecular weight is 417 g/mol. The Morgan fingerprint density at radius 2 is 1.03 bits per heavy atom. The number of carbonyl (C=O) groups excluding carboxylic acids is 3. The maximum atomic E-state index is 12.3. The molecule has 0 spiro atoms. The van der Waals surface area contributed by atoms with E-state index in [1.165, 1.54) is 12.8 Å². The van der Waals surface area contributed by atoms with Gasteiger partial charge in [0.05, 0.1) is 32.7 Å². The monoisotopic (exact) mass is 416 g/mol. The van der Waals surface area contributed by atoms with Gasteiger partial charge < -0.3 is 19.3 Å². The van der Waals surface area contributed by atoms with Crippen LogP contribution in [0.1, 0.15) is 97.8 Å². The Labute approximate surface area is 175 Å². The zero-order valence-corrected chi connectivity index (χ0v) is 18.5. The van der Waals surface area contributed by atoms with Gasteiger partial charge >= 0.3 is 17.9 Å². The van der Waals surface area contributed by atoms with Crippen LogP contribution in [-0.4, -0.2) is 48.4 Å². The van der Waals surface area contributed by atoms with Crippen molar-refractivity contribution in [2.24, 2.45) is 0 Å². The molecule has 0 radical (unpaired) electrons. The molecule has 7 nitrogen and oxygen atoms in total. The predicted molar refractivity (Wildman–Crippen MR) is 110 cm³/mol. The van der Waals surface area contributed by atoms with Gasteiger partial charge in [-0.3, -0.25) is 9.59 Å². The minimum Gasteiger partial charge on any atom is -0.466 e. The van der Waals surface area contributed by atoms with Crippen LogP contribution in [0.25, 0.3) is 0 Å². The predicted octanol–water partition coefficient (Wildman–Crippen LogP) is 4.09. The molecule has 0 aromatic rings. The fourth-order valence-corrected chi connectivity index (χ4v) is 2.63. The maximum absolute atomic E-state index is 12.3. The third-order valence-electron chi connectivity index (χ3n) is 4.51. The van der Waals surface area contributed by atoms with E-state index in [0.717, 1.165) is 38.5 Å². The molecule has 0 fully saturated rings. The number of unbranched alkanes of at least 4 members (excludes halogenated alkanes) is 7. The van der Waals surface area contributed by atoms with E-state index >= 15 is 0 Å². The van der Waals surface area contributed by atoms with Crippen molar-refractivity contribution < 1.29 is 33.7 Å². The molecule has 0 heterocycles. The zero-order valence-electron chi connectivity index (χ0n) is 18.5. The first-order valence-electron chi connectivity index (χ1n) is 11.1. The number of hydrogen-bond donors (Lipinski definition) is 1. The number of hydrogen-bond acceptors (Lipinski definition) is 7. The first kappa shape index (κ1) is 27.4. The Morgan fingerprint density at radius 3 is 1.55 bits per heavy atom. The molecule has 0 aliphatic carbocycles. The van der Waals surface area contributed by atoms with Crippen LogP contribution >= 0.6 is 0 Å². The Morgan fingerprint density at radius 1 is 0.621 bits per heavy atom. The van der Waals surface area contributed by atoms with Crippen molar-refractivity contribution in [1.82, 2.24) is 0 Å². The fourth-order valence-electron chi connectivity index (χ4n) is 2.63. The topological polar surface area (TPSA) is 99.1 Å². The largest absolute Gasteiger partial charge is 0.466 e. The van der Waals surface area contributed by atoms with Gasteiger partial charge in [0.15, 0.2) is 5.60 Å². The van der Waals surface area contributed by atoms with Crippen molar-refractivity contribution in [3.8, 4) is 0 Å². The number of esters is 3. The lowest BCUT2D eigenvalue weighted by atomic mass is 9.95. The van der Waals surface area contributed by atoms with Gasteiger partial charge in [0.25, 0.3) is 0 Å². The third kappa shape index (κ3) is 14.1. The highest BCUT2D eigenvalue weighted by molar-refractivity contribution is 5.90. The fraction of sp³-hybridized carbons (Fsp3) is 0.864. The van der Waals surface area contributed by atoms with Crippen LogP contribution in [-0.2, 0) is 28.6 Å². The number of aliphatic hydroxyl groups is 1. The molecule has 0 aromatic carbocycles. The van der Waals surface area contributed by atoms with E-state index in [-0.39, 0.29) is 19.8 Å². The van der Waals surface area contributed by atoms with Crippen molar-refractivity contribution in [3.05, 3.63) is 0 Å². The van der Waals surface area contributed by atoms with Gasteiger partial charge in [-0.1, -0.05) is 65.7 Å². The highest BCUT2D eigenvalue weighted by Crippen LogP contribution is 2.20. The molecule has 0 bridgehead atoms. The van der Waals surface area contributed by atoms with Crippen molar-refractivity contribution >= 4 is 17.9 Å². The molecule has 0 aliphatic rings. The SMILES string of the molecule is CCCCCCCCOC(=O)CC(O)(CC(=O)OCCCC)C(=O)OCCCC. The van der Waals surface area contributed by atoms with Crippen LogP contribution in [0.4, 0.5) is 0 Å². The Bertz CT molecular complexity index is 464. The molecule has 1 atom stereocenters. The standard InChI is InChI=1S/C22H40O7/c1-4-7-10-11-12-13-16-28-20(24)18-22(26,21(25)29-15-9-6-3)17-19(23)27-14-8-5-2/h26H,4-18H2,1-3H3. The highest BCUT2D eigenvalue weighted by Gasteiger charge is 2.43. The molecule has 1 N–H and O–H groups in total. The smallest absolute Gasteiger partial charge is 0.339 e. The van der Waals surface area contributed by atoms with Crippen molar-refractivity contribution in [3.63, 3.8) is 0 Å². The molecule has 170 valence electrons. The highest BCUT2D eigenvalue weighted by atomic mass is 16.6. The van der Waals surface area contributed by atoms with Gasteiger partial charge in [-0.15, -0.1) is 0 Å². The van der Waals surface area contributed by atoms with Gasteiger partial charge in [-0.25, -0.2) is 4.79 Å². The van der Waals surface area contributed by atoms with Crippen LogP contribution in [0, 0.1) is 0 Å². The van der Waals surface area contributed by atoms with E-state index in [1.807, 2.05) is 13.8 Å². The molecular weight excluding hydrogens is 376 g/mol. The maximum Gasteiger partial charge on any atom is 0.339 e. The number of ether oxygens (including phenoxy) is 3. The lowest BCUT2D eigenvalue weighted by molar-refractivity contribution is -0.178. The lowest BCUT2D eigenvalue weighted by Crippen LogP contribution is -2.45. The van der Waals surface area contributed by atoms with E-state index in [0.29, 0.717) is 12.8 Å². The van der Waals surface area contributed by atoms with Crippen LogP contribution in [0.3, 0.4) is 0 Å². The van der Waals surface area contributed by atoms with E-state index in [9.17, 15) is 19.5 Å². The summed E-state index contributed by atoms with van der Waals surface area (Å²) >= 11 is 0. The molecule has 1 unspecified atom stereocenters. The average Bonchev–Trinajstić information content (AvgIpc) is 2.67. The Kier molecular flexibility index (Phi) is 16.3. The van der Waals surface area contributed by atoms with Crippen molar-refractivity contribution in [2.45, 2.75) is 103 Å². The summed E-state index contributed by atoms with van der Waals surface area (Å²) in [6.45, 7) is 6.59. The van der Waals surface area contributed by atoms with E-state index in [1.54, 1.807) is 0 Å². The van der Waals surface area contributed by atoms with Gasteiger partial charge in [-0.2, -0.15) is 0 Å². The zero-order chi connectivity index (χ0) is 22.0. The van der Waals surface area contributed by atoms with Crippen LogP contribution in [0.15, 0.2) is 0 Å². The Hall–Kier alpha value is -1.63. The Balaban J connectivity index is 4.60. The molecule has 7 heteroatoms. The minimum absolute atomic E-state index is 0.120. The molecule has 29 heavy (non-hydrogen) atoms. The summed E-state index contributed by atoms with van der Waals surface area (Å²) in [5.41, 5.74) is -2.27. The normalized spacial score (nSPS) is 12.8. The van der Waals surface area contributed by atoms with Gasteiger partial charge in [-0.05, 0) is 19.3 Å². The summed E-state index contributed by atoms with van der Waals surface area (Å²) in [7, 11) is 0. The van der Waals surface area contributed by atoms with Gasteiger partial charge in [0.2, 0.25) is 0 Å². The quantitative estimate of drug-likeness (QED) is 0.204. The summed E-state index contributed by atoms with van der Waals surface area (Å²) in [5.74, 6) is -2.46. The van der Waals surface area contributed by atoms with E-state index < -0.39 is 36.4 Å². The minimum atomic E-state index is -2.27. The summed E-state index contributed by atoms with van der Waals surface area (Å²) < 4.78 is 15.2. The second-order valence-corrected chi connectivity index (χ2v) is 7.44. The van der Waals surface area contributed by atoms with Gasteiger partial charge in [0, 0.05) is 0 Å². The molecule has 0 aromatic heterocycles. The molecular formula is C22H40O7. The number of carbonyl (C=O) groups is 3. The molecule has 0 rings (SSSR count). The molecule has 0 amide bonds. The first-order valence-corrected chi connectivity index (χ1v) is 11.1. The van der Waals surface area contributed by atoms with Gasteiger partial charge in [0.1, 0.15) is 0 Å². The van der Waals surface area contributed by atoms with Crippen molar-refractivity contribution in [2.75, 3.05) is 19.8 Å². The summed E-state index contributed by atoms with van der Waals surface area (Å²) in [5, 5.41) is 10.7. The van der Waals surface area contributed by atoms with E-state index in [4.69, 9.17) is 14.2 Å².